The van der Waals surface area contributed by atoms with Crippen LogP contribution in [-0.2, 0) is 11.3 Å². The smallest absolute Gasteiger partial charge is 0.227 e. The second-order valence-corrected chi connectivity index (χ2v) is 4.68. The Kier molecular flexibility index (Phi) is 6.51. The second-order valence-electron chi connectivity index (χ2n) is 4.68. The highest BCUT2D eigenvalue weighted by Crippen LogP contribution is 2.18. The van der Waals surface area contributed by atoms with Gasteiger partial charge in [0.1, 0.15) is 0 Å². The van der Waals surface area contributed by atoms with Crippen LogP contribution in [-0.4, -0.2) is 10.8 Å². The minimum Gasteiger partial charge on any atom is -0.308 e. The van der Waals surface area contributed by atoms with E-state index in [1.807, 2.05) is 69.3 Å². The molecule has 106 valence electrons. The quantitative estimate of drug-likeness (QED) is 0.698. The number of carbonyl (C=O) groups excluding carboxylic acids is 1. The van der Waals surface area contributed by atoms with Gasteiger partial charge in [0, 0.05) is 12.1 Å². The molecule has 0 fully saturated rings. The molecular formula is C18H23NO. The molecule has 0 spiro atoms. The van der Waals surface area contributed by atoms with Crippen LogP contribution >= 0.6 is 0 Å². The Hall–Kier alpha value is -2.09. The van der Waals surface area contributed by atoms with E-state index in [4.69, 9.17) is 0 Å². The van der Waals surface area contributed by atoms with Gasteiger partial charge in [-0.25, -0.2) is 0 Å². The Morgan fingerprint density at radius 2 is 1.95 bits per heavy atom. The molecule has 1 amide bonds. The third kappa shape index (κ3) is 4.54. The van der Waals surface area contributed by atoms with Gasteiger partial charge in [0.25, 0.3) is 0 Å². The van der Waals surface area contributed by atoms with Crippen LogP contribution in [0, 0.1) is 0 Å². The molecule has 0 unspecified atom stereocenters. The van der Waals surface area contributed by atoms with Gasteiger partial charge in [0.2, 0.25) is 5.91 Å². The van der Waals surface area contributed by atoms with Crippen molar-refractivity contribution in [1.82, 2.24) is 4.90 Å². The van der Waals surface area contributed by atoms with Crippen molar-refractivity contribution in [3.05, 3.63) is 72.0 Å². The molecule has 1 aromatic rings. The molecule has 0 aromatic heterocycles. The summed E-state index contributed by atoms with van der Waals surface area (Å²) in [5.41, 5.74) is 2.88. The summed E-state index contributed by atoms with van der Waals surface area (Å²) in [7, 11) is 0. The van der Waals surface area contributed by atoms with Gasteiger partial charge in [-0.3, -0.25) is 4.79 Å². The molecule has 0 heterocycles. The van der Waals surface area contributed by atoms with E-state index in [2.05, 4.69) is 6.58 Å². The highest BCUT2D eigenvalue weighted by atomic mass is 16.2. The van der Waals surface area contributed by atoms with Gasteiger partial charge in [-0.1, -0.05) is 56.0 Å². The van der Waals surface area contributed by atoms with Crippen molar-refractivity contribution < 1.29 is 4.79 Å². The number of carbonyl (C=O) groups is 1. The summed E-state index contributed by atoms with van der Waals surface area (Å²) < 4.78 is 0. The molecule has 0 bridgehead atoms. The zero-order valence-electron chi connectivity index (χ0n) is 12.6. The van der Waals surface area contributed by atoms with E-state index in [0.717, 1.165) is 16.8 Å². The van der Waals surface area contributed by atoms with Crippen LogP contribution in [0.25, 0.3) is 0 Å². The molecule has 0 N–H and O–H groups in total. The number of hydrogen-bond donors (Lipinski definition) is 0. The van der Waals surface area contributed by atoms with Gasteiger partial charge >= 0.3 is 0 Å². The number of hydrogen-bond acceptors (Lipinski definition) is 1. The summed E-state index contributed by atoms with van der Waals surface area (Å²) in [4.78, 5) is 14.0. The first-order valence-electron chi connectivity index (χ1n) is 6.93. The summed E-state index contributed by atoms with van der Waals surface area (Å²) in [6, 6.07) is 10.0. The van der Waals surface area contributed by atoms with Gasteiger partial charge in [-0.05, 0) is 31.1 Å². The Balaban J connectivity index is 3.10. The van der Waals surface area contributed by atoms with Gasteiger partial charge in [-0.15, -0.1) is 0 Å². The monoisotopic (exact) mass is 269 g/mol. The van der Waals surface area contributed by atoms with E-state index in [-0.39, 0.29) is 5.91 Å². The average molecular weight is 269 g/mol. The maximum absolute atomic E-state index is 12.2. The molecule has 1 rings (SSSR count). The van der Waals surface area contributed by atoms with Crippen LogP contribution in [0.3, 0.4) is 0 Å². The number of allylic oxidation sites excluding steroid dienone is 4. The molecule has 0 aliphatic rings. The first-order chi connectivity index (χ1) is 9.60. The van der Waals surface area contributed by atoms with Crippen molar-refractivity contribution in [1.29, 1.82) is 0 Å². The van der Waals surface area contributed by atoms with Crippen LogP contribution in [0.15, 0.2) is 66.4 Å². The predicted octanol–water partition coefficient (Wildman–Crippen LogP) is 4.46. The molecule has 1 aromatic carbocycles. The van der Waals surface area contributed by atoms with E-state index in [1.54, 1.807) is 4.90 Å². The van der Waals surface area contributed by atoms with Crippen molar-refractivity contribution >= 4 is 5.91 Å². The zero-order chi connectivity index (χ0) is 15.0. The SMILES string of the molecule is C=C(C)/C(=C\C=C/C)N(Cc1ccccc1)C(=O)CC. The fourth-order valence-corrected chi connectivity index (χ4v) is 1.91. The predicted molar refractivity (Wildman–Crippen MR) is 85.0 cm³/mol. The summed E-state index contributed by atoms with van der Waals surface area (Å²) in [6.07, 6.45) is 6.30. The first kappa shape index (κ1) is 16.0. The maximum atomic E-state index is 12.2. The van der Waals surface area contributed by atoms with E-state index in [0.29, 0.717) is 13.0 Å². The van der Waals surface area contributed by atoms with Gasteiger partial charge in [0.15, 0.2) is 0 Å². The fourth-order valence-electron chi connectivity index (χ4n) is 1.91. The fraction of sp³-hybridized carbons (Fsp3) is 0.278. The molecule has 0 saturated heterocycles. The van der Waals surface area contributed by atoms with E-state index in [1.165, 1.54) is 0 Å². The largest absolute Gasteiger partial charge is 0.308 e. The Labute approximate surface area is 122 Å². The van der Waals surface area contributed by atoms with E-state index >= 15 is 0 Å². The van der Waals surface area contributed by atoms with Crippen LogP contribution in [0.5, 0.6) is 0 Å². The number of nitrogens with zero attached hydrogens (tertiary/aromatic N) is 1. The standard InChI is InChI=1S/C18H23NO/c1-5-7-13-17(15(3)4)19(18(20)6-2)14-16-11-9-8-10-12-16/h5,7-13H,3,6,14H2,1-2,4H3/b7-5-,17-13+. The van der Waals surface area contributed by atoms with Gasteiger partial charge < -0.3 is 4.90 Å². The molecule has 0 aliphatic heterocycles. The van der Waals surface area contributed by atoms with Gasteiger partial charge in [0.05, 0.1) is 6.54 Å². The third-order valence-electron chi connectivity index (χ3n) is 2.96. The van der Waals surface area contributed by atoms with E-state index in [9.17, 15) is 4.79 Å². The highest BCUT2D eigenvalue weighted by molar-refractivity contribution is 5.78. The lowest BCUT2D eigenvalue weighted by Crippen LogP contribution is -2.29. The molecule has 0 aliphatic carbocycles. The number of benzene rings is 1. The topological polar surface area (TPSA) is 20.3 Å². The first-order valence-corrected chi connectivity index (χ1v) is 6.93. The average Bonchev–Trinajstić information content (AvgIpc) is 2.46. The van der Waals surface area contributed by atoms with Crippen molar-refractivity contribution in [2.24, 2.45) is 0 Å². The minimum absolute atomic E-state index is 0.104. The third-order valence-corrected chi connectivity index (χ3v) is 2.96. The molecule has 2 heteroatoms. The zero-order valence-corrected chi connectivity index (χ0v) is 12.6. The minimum atomic E-state index is 0.104. The van der Waals surface area contributed by atoms with Crippen molar-refractivity contribution in [2.75, 3.05) is 0 Å². The lowest BCUT2D eigenvalue weighted by molar-refractivity contribution is -0.129. The Bertz CT molecular complexity index is 511. The molecule has 0 saturated carbocycles. The molecule has 0 radical (unpaired) electrons. The summed E-state index contributed by atoms with van der Waals surface area (Å²) in [5.74, 6) is 0.104. The van der Waals surface area contributed by atoms with Crippen LogP contribution in [0.2, 0.25) is 0 Å². The van der Waals surface area contributed by atoms with Crippen LogP contribution in [0.4, 0.5) is 0 Å². The number of amides is 1. The van der Waals surface area contributed by atoms with Crippen molar-refractivity contribution in [2.45, 2.75) is 33.7 Å². The summed E-state index contributed by atoms with van der Waals surface area (Å²) in [5, 5.41) is 0. The Morgan fingerprint density at radius 1 is 1.30 bits per heavy atom. The lowest BCUT2D eigenvalue weighted by atomic mass is 10.1. The summed E-state index contributed by atoms with van der Waals surface area (Å²) in [6.45, 7) is 10.3. The van der Waals surface area contributed by atoms with Crippen molar-refractivity contribution in [3.63, 3.8) is 0 Å². The lowest BCUT2D eigenvalue weighted by Gasteiger charge is -2.25. The molecule has 20 heavy (non-hydrogen) atoms. The second kappa shape index (κ2) is 8.16. The van der Waals surface area contributed by atoms with Gasteiger partial charge in [-0.2, -0.15) is 0 Å². The number of rotatable bonds is 6. The molecular weight excluding hydrogens is 246 g/mol. The highest BCUT2D eigenvalue weighted by Gasteiger charge is 2.17. The van der Waals surface area contributed by atoms with Crippen LogP contribution < -0.4 is 0 Å². The summed E-state index contributed by atoms with van der Waals surface area (Å²) >= 11 is 0. The van der Waals surface area contributed by atoms with E-state index < -0.39 is 0 Å². The molecule has 0 atom stereocenters. The normalized spacial score (nSPS) is 11.7. The molecule has 2 nitrogen and oxygen atoms in total. The Morgan fingerprint density at radius 3 is 2.45 bits per heavy atom. The van der Waals surface area contributed by atoms with Crippen molar-refractivity contribution in [3.8, 4) is 0 Å². The van der Waals surface area contributed by atoms with Crippen LogP contribution in [0.1, 0.15) is 32.8 Å². The maximum Gasteiger partial charge on any atom is 0.227 e.